The van der Waals surface area contributed by atoms with Crippen LogP contribution in [0, 0.1) is 5.92 Å². The minimum Gasteiger partial charge on any atom is -0.332 e. The van der Waals surface area contributed by atoms with Crippen molar-refractivity contribution in [3.8, 4) is 0 Å². The number of anilines is 1. The quantitative estimate of drug-likeness (QED) is 0.766. The van der Waals surface area contributed by atoms with Gasteiger partial charge < -0.3 is 10.6 Å². The predicted octanol–water partition coefficient (Wildman–Crippen LogP) is 3.85. The van der Waals surface area contributed by atoms with Crippen molar-refractivity contribution in [3.05, 3.63) is 57.7 Å². The highest BCUT2D eigenvalue weighted by molar-refractivity contribution is 6.36. The van der Waals surface area contributed by atoms with E-state index in [2.05, 4.69) is 55.3 Å². The minimum absolute atomic E-state index is 0.146. The summed E-state index contributed by atoms with van der Waals surface area (Å²) in [6, 6.07) is 10.4. The minimum atomic E-state index is -0.146. The van der Waals surface area contributed by atoms with Crippen LogP contribution in [0.3, 0.4) is 0 Å². The molecule has 2 rings (SSSR count). The summed E-state index contributed by atoms with van der Waals surface area (Å²) in [5, 5.41) is 5.54. The zero-order chi connectivity index (χ0) is 18.4. The molecule has 3 N–H and O–H groups in total. The highest BCUT2D eigenvalue weighted by Crippen LogP contribution is 2.22. The molecule has 1 aromatic heterocycles. The third kappa shape index (κ3) is 5.70. The Morgan fingerprint density at radius 2 is 1.92 bits per heavy atom. The van der Waals surface area contributed by atoms with E-state index in [-0.39, 0.29) is 11.9 Å². The summed E-state index contributed by atoms with van der Waals surface area (Å²) >= 11 is 11.9. The molecule has 1 aromatic carbocycles. The number of amides is 1. The van der Waals surface area contributed by atoms with Crippen LogP contribution < -0.4 is 10.6 Å². The molecule has 0 fully saturated rings. The number of aromatic nitrogens is 1. The van der Waals surface area contributed by atoms with Gasteiger partial charge in [0.1, 0.15) is 6.04 Å². The molecule has 0 saturated carbocycles. The molecule has 2 aromatic rings. The Morgan fingerprint density at radius 1 is 1.24 bits per heavy atom. The van der Waals surface area contributed by atoms with Gasteiger partial charge in [-0.2, -0.15) is 0 Å². The van der Waals surface area contributed by atoms with E-state index < -0.39 is 0 Å². The number of hydrogen-bond donors (Lipinski definition) is 2. The average Bonchev–Trinajstić information content (AvgIpc) is 2.58. The van der Waals surface area contributed by atoms with E-state index in [0.29, 0.717) is 28.3 Å². The van der Waals surface area contributed by atoms with Crippen LogP contribution in [0.1, 0.15) is 37.9 Å². The molecule has 1 heterocycles. The number of rotatable bonds is 7. The van der Waals surface area contributed by atoms with Gasteiger partial charge in [-0.15, -0.1) is 0 Å². The maximum atomic E-state index is 12.2. The van der Waals surface area contributed by atoms with E-state index in [9.17, 15) is 4.79 Å². The van der Waals surface area contributed by atoms with E-state index in [1.165, 1.54) is 17.3 Å². The Hall–Kier alpha value is -1.62. The highest BCUT2D eigenvalue weighted by atomic mass is 35.5. The molecule has 0 bridgehead atoms. The average molecular weight is 381 g/mol. The van der Waals surface area contributed by atoms with E-state index in [1.807, 2.05) is 5.32 Å². The van der Waals surface area contributed by atoms with Crippen molar-refractivity contribution >= 4 is 34.9 Å². The van der Waals surface area contributed by atoms with Crippen molar-refractivity contribution in [2.45, 2.75) is 33.2 Å². The number of carbonyl (C=O) groups excluding carboxylic acids is 1. The summed E-state index contributed by atoms with van der Waals surface area (Å²) in [6.45, 7) is 6.75. The second-order valence-corrected chi connectivity index (χ2v) is 7.18. The van der Waals surface area contributed by atoms with Gasteiger partial charge in [-0.3, -0.25) is 4.79 Å². The fourth-order valence-electron chi connectivity index (χ4n) is 2.69. The largest absolute Gasteiger partial charge is 0.332 e. The number of nitrogens with two attached hydrogens (primary N) is 1. The summed E-state index contributed by atoms with van der Waals surface area (Å²) in [5.41, 5.74) is 2.54. The first-order valence-electron chi connectivity index (χ1n) is 8.43. The van der Waals surface area contributed by atoms with Crippen LogP contribution in [-0.4, -0.2) is 17.4 Å². The van der Waals surface area contributed by atoms with Crippen molar-refractivity contribution in [1.29, 1.82) is 0 Å². The summed E-state index contributed by atoms with van der Waals surface area (Å²) in [5.74, 6) is 0.586. The van der Waals surface area contributed by atoms with Crippen LogP contribution in [0.15, 0.2) is 36.5 Å². The maximum absolute atomic E-state index is 12.2. The van der Waals surface area contributed by atoms with Crippen molar-refractivity contribution < 1.29 is 10.1 Å². The van der Waals surface area contributed by atoms with Gasteiger partial charge in [0.15, 0.2) is 12.4 Å². The van der Waals surface area contributed by atoms with E-state index in [0.717, 1.165) is 6.42 Å². The van der Waals surface area contributed by atoms with Crippen LogP contribution in [0.5, 0.6) is 0 Å². The molecule has 0 aliphatic rings. The van der Waals surface area contributed by atoms with E-state index >= 15 is 0 Å². The van der Waals surface area contributed by atoms with E-state index in [4.69, 9.17) is 23.2 Å². The SMILES string of the molecule is CCc1ccc([C@@H]([NH2+]CC(=O)Nc2ncc(Cl)cc2Cl)C(C)C)cc1. The van der Waals surface area contributed by atoms with Crippen molar-refractivity contribution in [1.82, 2.24) is 4.98 Å². The fourth-order valence-corrected chi connectivity index (χ4v) is 3.12. The zero-order valence-corrected chi connectivity index (χ0v) is 16.2. The third-order valence-corrected chi connectivity index (χ3v) is 4.61. The van der Waals surface area contributed by atoms with Gasteiger partial charge >= 0.3 is 0 Å². The second kappa shape index (κ2) is 9.18. The summed E-state index contributed by atoms with van der Waals surface area (Å²) < 4.78 is 0. The summed E-state index contributed by atoms with van der Waals surface area (Å²) in [6.07, 6.45) is 2.48. The lowest BCUT2D eigenvalue weighted by Gasteiger charge is -2.19. The molecule has 1 amide bonds. The highest BCUT2D eigenvalue weighted by Gasteiger charge is 2.21. The standard InChI is InChI=1S/C19H23Cl2N3O/c1-4-13-5-7-14(8-6-13)18(12(2)3)22-11-17(25)24-19-16(21)9-15(20)10-23-19/h5-10,12,18,22H,4,11H2,1-3H3,(H,23,24,25)/p+1/t18-/m0/s1. The van der Waals surface area contributed by atoms with Crippen molar-refractivity contribution in [2.75, 3.05) is 11.9 Å². The van der Waals surface area contributed by atoms with Gasteiger partial charge in [0, 0.05) is 17.7 Å². The number of pyridine rings is 1. The van der Waals surface area contributed by atoms with Crippen LogP contribution in [0.25, 0.3) is 0 Å². The molecule has 0 aliphatic carbocycles. The molecule has 1 atom stereocenters. The maximum Gasteiger partial charge on any atom is 0.280 e. The lowest BCUT2D eigenvalue weighted by Crippen LogP contribution is -2.88. The van der Waals surface area contributed by atoms with Gasteiger partial charge in [0.05, 0.1) is 10.0 Å². The zero-order valence-electron chi connectivity index (χ0n) is 14.7. The fraction of sp³-hybridized carbons (Fsp3) is 0.368. The Balaban J connectivity index is 1.99. The van der Waals surface area contributed by atoms with Crippen LogP contribution in [-0.2, 0) is 11.2 Å². The molecule has 0 radical (unpaired) electrons. The van der Waals surface area contributed by atoms with Crippen LogP contribution in [0.4, 0.5) is 5.82 Å². The number of carbonyl (C=O) groups is 1. The van der Waals surface area contributed by atoms with Crippen LogP contribution in [0.2, 0.25) is 10.0 Å². The topological polar surface area (TPSA) is 58.6 Å². The van der Waals surface area contributed by atoms with Crippen molar-refractivity contribution in [3.63, 3.8) is 0 Å². The number of nitrogens with one attached hydrogen (secondary N) is 1. The predicted molar refractivity (Wildman–Crippen MR) is 103 cm³/mol. The van der Waals surface area contributed by atoms with E-state index in [1.54, 1.807) is 6.07 Å². The molecule has 0 spiro atoms. The van der Waals surface area contributed by atoms with Crippen LogP contribution >= 0.6 is 23.2 Å². The lowest BCUT2D eigenvalue weighted by molar-refractivity contribution is -0.692. The lowest BCUT2D eigenvalue weighted by atomic mass is 9.95. The molecule has 0 aliphatic heterocycles. The molecule has 0 saturated heterocycles. The first-order chi connectivity index (χ1) is 11.9. The molecular formula is C19H24Cl2N3O+. The smallest absolute Gasteiger partial charge is 0.280 e. The number of aryl methyl sites for hydroxylation is 1. The molecule has 134 valence electrons. The summed E-state index contributed by atoms with van der Waals surface area (Å²) in [7, 11) is 0. The molecule has 0 unspecified atom stereocenters. The monoisotopic (exact) mass is 380 g/mol. The first kappa shape index (κ1) is 19.7. The third-order valence-electron chi connectivity index (χ3n) is 4.11. The Morgan fingerprint density at radius 3 is 2.48 bits per heavy atom. The van der Waals surface area contributed by atoms with Crippen molar-refractivity contribution in [2.24, 2.45) is 5.92 Å². The second-order valence-electron chi connectivity index (χ2n) is 6.34. The number of halogens is 2. The number of nitrogens with zero attached hydrogens (tertiary/aromatic N) is 1. The molecule has 6 heteroatoms. The van der Waals surface area contributed by atoms with Gasteiger partial charge in [0.25, 0.3) is 5.91 Å². The van der Waals surface area contributed by atoms with Gasteiger partial charge in [-0.25, -0.2) is 4.98 Å². The van der Waals surface area contributed by atoms with Gasteiger partial charge in [-0.05, 0) is 18.1 Å². The normalized spacial score (nSPS) is 12.2. The Bertz CT molecular complexity index is 717. The first-order valence-corrected chi connectivity index (χ1v) is 9.19. The van der Waals surface area contributed by atoms with Gasteiger partial charge in [0.2, 0.25) is 0 Å². The number of hydrogen-bond acceptors (Lipinski definition) is 2. The Labute approximate surface area is 158 Å². The molecular weight excluding hydrogens is 357 g/mol. The molecule has 4 nitrogen and oxygen atoms in total. The van der Waals surface area contributed by atoms with Gasteiger partial charge in [-0.1, -0.05) is 68.2 Å². The molecule has 25 heavy (non-hydrogen) atoms. The number of quaternary nitrogens is 1. The number of benzene rings is 1. The Kier molecular flexibility index (Phi) is 7.24. The summed E-state index contributed by atoms with van der Waals surface area (Å²) in [4.78, 5) is 16.3.